The highest BCUT2D eigenvalue weighted by Gasteiger charge is 2.25. The Morgan fingerprint density at radius 2 is 2.09 bits per heavy atom. The second kappa shape index (κ2) is 6.45. The van der Waals surface area contributed by atoms with Gasteiger partial charge in [-0.2, -0.15) is 0 Å². The summed E-state index contributed by atoms with van der Waals surface area (Å²) < 4.78 is 1.76. The fraction of sp³-hybridized carbons (Fsp3) is 0.500. The van der Waals surface area contributed by atoms with E-state index in [1.165, 1.54) is 25.3 Å². The summed E-state index contributed by atoms with van der Waals surface area (Å²) in [6.45, 7) is 2.26. The third kappa shape index (κ3) is 2.96. The molecule has 1 aromatic carbocycles. The number of nitrogens with two attached hydrogens (primary N) is 1. The van der Waals surface area contributed by atoms with Crippen molar-refractivity contribution in [2.75, 3.05) is 0 Å². The van der Waals surface area contributed by atoms with E-state index in [0.29, 0.717) is 18.2 Å². The molecule has 0 unspecified atom stereocenters. The van der Waals surface area contributed by atoms with Crippen molar-refractivity contribution < 1.29 is 4.92 Å². The molecule has 2 N–H and O–H groups in total. The number of nitrogens with zero attached hydrogens (tertiary/aromatic N) is 4. The van der Waals surface area contributed by atoms with Gasteiger partial charge in [0.1, 0.15) is 5.69 Å². The fourth-order valence-corrected chi connectivity index (χ4v) is 3.37. The predicted molar refractivity (Wildman–Crippen MR) is 86.5 cm³/mol. The van der Waals surface area contributed by atoms with Gasteiger partial charge in [0.2, 0.25) is 0 Å². The van der Waals surface area contributed by atoms with E-state index in [2.05, 4.69) is 10.3 Å². The van der Waals surface area contributed by atoms with Crippen LogP contribution in [0.4, 0.5) is 5.69 Å². The summed E-state index contributed by atoms with van der Waals surface area (Å²) in [7, 11) is 0. The van der Waals surface area contributed by atoms with Gasteiger partial charge in [0.25, 0.3) is 5.69 Å². The molecule has 1 saturated carbocycles. The van der Waals surface area contributed by atoms with Crippen LogP contribution in [0.3, 0.4) is 0 Å². The molecule has 7 nitrogen and oxygen atoms in total. The number of benzene rings is 1. The summed E-state index contributed by atoms with van der Waals surface area (Å²) in [6.07, 6.45) is 5.82. The number of nitro groups is 1. The first kappa shape index (κ1) is 15.6. The molecule has 0 saturated heterocycles. The minimum Gasteiger partial charge on any atom is -0.325 e. The number of non-ortho nitro benzene ring substituents is 1. The van der Waals surface area contributed by atoms with Gasteiger partial charge in [0.15, 0.2) is 0 Å². The molecule has 122 valence electrons. The zero-order valence-electron chi connectivity index (χ0n) is 13.2. The molecule has 3 rings (SSSR count). The van der Waals surface area contributed by atoms with Crippen molar-refractivity contribution in [2.24, 2.45) is 5.73 Å². The lowest BCUT2D eigenvalue weighted by atomic mass is 9.86. The van der Waals surface area contributed by atoms with Gasteiger partial charge in [0.05, 0.1) is 16.3 Å². The maximum atomic E-state index is 11.1. The second-order valence-corrected chi connectivity index (χ2v) is 6.10. The Balaban J connectivity index is 2.11. The molecule has 1 fully saturated rings. The van der Waals surface area contributed by atoms with Crippen molar-refractivity contribution >= 4 is 5.69 Å². The molecule has 0 amide bonds. The summed E-state index contributed by atoms with van der Waals surface area (Å²) in [6, 6.07) is 4.83. The molecule has 23 heavy (non-hydrogen) atoms. The zero-order chi connectivity index (χ0) is 16.4. The first-order valence-corrected chi connectivity index (χ1v) is 8.01. The molecule has 1 aliphatic carbocycles. The van der Waals surface area contributed by atoms with Gasteiger partial charge in [-0.15, -0.1) is 5.10 Å². The molecular weight excluding hydrogens is 294 g/mol. The SMILES string of the molecule is Cc1ccc([N+](=O)[O-])cc1-n1nnc(CN)c1C1CCCCC1. The van der Waals surface area contributed by atoms with Crippen molar-refractivity contribution in [3.63, 3.8) is 0 Å². The highest BCUT2D eigenvalue weighted by atomic mass is 16.6. The standard InChI is InChI=1S/C16H21N5O2/c1-11-7-8-13(21(22)23)9-15(11)20-16(14(10-17)18-19-20)12-5-3-2-4-6-12/h7-9,12H,2-6,10,17H2,1H3. The average Bonchev–Trinajstić information content (AvgIpc) is 2.99. The maximum Gasteiger partial charge on any atom is 0.271 e. The Morgan fingerprint density at radius 1 is 1.35 bits per heavy atom. The van der Waals surface area contributed by atoms with Crippen LogP contribution in [-0.4, -0.2) is 19.9 Å². The molecular formula is C16H21N5O2. The molecule has 7 heteroatoms. The van der Waals surface area contributed by atoms with E-state index >= 15 is 0 Å². The lowest BCUT2D eigenvalue weighted by Gasteiger charge is -2.23. The Bertz CT molecular complexity index is 719. The summed E-state index contributed by atoms with van der Waals surface area (Å²) in [5.74, 6) is 0.371. The third-order valence-electron chi connectivity index (χ3n) is 4.60. The Labute approximate surface area is 134 Å². The van der Waals surface area contributed by atoms with Crippen LogP contribution in [0, 0.1) is 17.0 Å². The monoisotopic (exact) mass is 315 g/mol. The van der Waals surface area contributed by atoms with Gasteiger partial charge in [-0.3, -0.25) is 10.1 Å². The number of hydrogen-bond acceptors (Lipinski definition) is 5. The molecule has 1 aromatic heterocycles. The molecule has 1 heterocycles. The van der Waals surface area contributed by atoms with Gasteiger partial charge in [-0.25, -0.2) is 4.68 Å². The predicted octanol–water partition coefficient (Wildman–Crippen LogP) is 2.99. The molecule has 2 aromatic rings. The third-order valence-corrected chi connectivity index (χ3v) is 4.60. The van der Waals surface area contributed by atoms with Crippen LogP contribution in [0.1, 0.15) is 55.0 Å². The van der Waals surface area contributed by atoms with Gasteiger partial charge < -0.3 is 5.73 Å². The summed E-state index contributed by atoms with van der Waals surface area (Å²) in [4.78, 5) is 10.7. The molecule has 0 atom stereocenters. The Morgan fingerprint density at radius 3 is 2.74 bits per heavy atom. The van der Waals surface area contributed by atoms with Crippen LogP contribution in [0.25, 0.3) is 5.69 Å². The molecule has 0 radical (unpaired) electrons. The van der Waals surface area contributed by atoms with E-state index in [4.69, 9.17) is 5.73 Å². The number of nitro benzene ring substituents is 1. The number of aryl methyl sites for hydroxylation is 1. The second-order valence-electron chi connectivity index (χ2n) is 6.10. The number of rotatable bonds is 4. The van der Waals surface area contributed by atoms with Crippen LogP contribution in [0.2, 0.25) is 0 Å². The average molecular weight is 315 g/mol. The quantitative estimate of drug-likeness (QED) is 0.690. The van der Waals surface area contributed by atoms with Gasteiger partial charge in [0, 0.05) is 24.6 Å². The zero-order valence-corrected chi connectivity index (χ0v) is 13.2. The van der Waals surface area contributed by atoms with Gasteiger partial charge in [-0.05, 0) is 25.3 Å². The normalized spacial score (nSPS) is 15.7. The molecule has 1 aliphatic rings. The lowest BCUT2D eigenvalue weighted by molar-refractivity contribution is -0.384. The lowest BCUT2D eigenvalue weighted by Crippen LogP contribution is -2.14. The summed E-state index contributed by atoms with van der Waals surface area (Å²) >= 11 is 0. The Hall–Kier alpha value is -2.28. The van der Waals surface area contributed by atoms with E-state index in [1.807, 2.05) is 6.92 Å². The minimum absolute atomic E-state index is 0.0602. The van der Waals surface area contributed by atoms with E-state index in [0.717, 1.165) is 29.8 Å². The van der Waals surface area contributed by atoms with Crippen molar-refractivity contribution in [1.29, 1.82) is 0 Å². The molecule has 0 bridgehead atoms. The molecule has 0 aliphatic heterocycles. The van der Waals surface area contributed by atoms with Crippen molar-refractivity contribution in [3.05, 3.63) is 45.3 Å². The largest absolute Gasteiger partial charge is 0.325 e. The highest BCUT2D eigenvalue weighted by molar-refractivity contribution is 5.49. The topological polar surface area (TPSA) is 99.9 Å². The van der Waals surface area contributed by atoms with Crippen LogP contribution < -0.4 is 5.73 Å². The number of hydrogen-bond donors (Lipinski definition) is 1. The van der Waals surface area contributed by atoms with E-state index in [9.17, 15) is 10.1 Å². The van der Waals surface area contributed by atoms with Gasteiger partial charge >= 0.3 is 0 Å². The smallest absolute Gasteiger partial charge is 0.271 e. The maximum absolute atomic E-state index is 11.1. The van der Waals surface area contributed by atoms with E-state index in [-0.39, 0.29) is 10.6 Å². The fourth-order valence-electron chi connectivity index (χ4n) is 3.37. The summed E-state index contributed by atoms with van der Waals surface area (Å²) in [5.41, 5.74) is 9.37. The van der Waals surface area contributed by atoms with E-state index in [1.54, 1.807) is 16.8 Å². The first-order valence-electron chi connectivity index (χ1n) is 8.01. The van der Waals surface area contributed by atoms with Crippen LogP contribution in [-0.2, 0) is 6.54 Å². The first-order chi connectivity index (χ1) is 11.1. The Kier molecular flexibility index (Phi) is 4.38. The van der Waals surface area contributed by atoms with Crippen LogP contribution >= 0.6 is 0 Å². The highest BCUT2D eigenvalue weighted by Crippen LogP contribution is 2.35. The van der Waals surface area contributed by atoms with Gasteiger partial charge in [-0.1, -0.05) is 30.5 Å². The minimum atomic E-state index is -0.385. The van der Waals surface area contributed by atoms with Crippen molar-refractivity contribution in [2.45, 2.75) is 51.5 Å². The van der Waals surface area contributed by atoms with E-state index < -0.39 is 0 Å². The molecule has 0 spiro atoms. The summed E-state index contributed by atoms with van der Waals surface area (Å²) in [5, 5.41) is 19.6. The van der Waals surface area contributed by atoms with Crippen LogP contribution in [0.5, 0.6) is 0 Å². The van der Waals surface area contributed by atoms with Crippen molar-refractivity contribution in [1.82, 2.24) is 15.0 Å². The van der Waals surface area contributed by atoms with Crippen molar-refractivity contribution in [3.8, 4) is 5.69 Å². The van der Waals surface area contributed by atoms with Crippen LogP contribution in [0.15, 0.2) is 18.2 Å². The number of aromatic nitrogens is 3.